The van der Waals surface area contributed by atoms with E-state index in [1.807, 2.05) is 0 Å². The second-order valence-corrected chi connectivity index (χ2v) is 3.17. The number of aryl methyl sites for hydroxylation is 1. The van der Waals surface area contributed by atoms with Gasteiger partial charge in [0.25, 0.3) is 0 Å². The molecule has 15 heavy (non-hydrogen) atoms. The average Bonchev–Trinajstić information content (AvgIpc) is 2.18. The van der Waals surface area contributed by atoms with Crippen molar-refractivity contribution in [2.24, 2.45) is 0 Å². The number of hydrogen-bond donors (Lipinski definition) is 0. The van der Waals surface area contributed by atoms with Gasteiger partial charge in [0, 0.05) is 11.5 Å². The molecule has 0 saturated carbocycles. The highest BCUT2D eigenvalue weighted by Crippen LogP contribution is 2.19. The molecule has 1 aromatic carbocycles. The Bertz CT molecular complexity index is 600. The first kappa shape index (κ1) is 9.39. The van der Waals surface area contributed by atoms with Gasteiger partial charge in [-0.25, -0.2) is 4.79 Å². The second kappa shape index (κ2) is 3.20. The van der Waals surface area contributed by atoms with Gasteiger partial charge in [0.15, 0.2) is 0 Å². The molecule has 1 heterocycles. The molecule has 0 aliphatic rings. The first-order valence-corrected chi connectivity index (χ1v) is 4.27. The SMILES string of the molecule is Cc1cccc2cc([N+](=O)[O-])c(=O)oc12. The van der Waals surface area contributed by atoms with E-state index in [0.717, 1.165) is 5.56 Å². The van der Waals surface area contributed by atoms with Gasteiger partial charge >= 0.3 is 11.3 Å². The number of nitro groups is 1. The Labute approximate surface area is 84.1 Å². The maximum Gasteiger partial charge on any atom is 0.415 e. The van der Waals surface area contributed by atoms with Crippen LogP contribution < -0.4 is 5.63 Å². The number of fused-ring (bicyclic) bond motifs is 1. The molecule has 0 unspecified atom stereocenters. The van der Waals surface area contributed by atoms with Gasteiger partial charge in [-0.3, -0.25) is 10.1 Å². The minimum Gasteiger partial charge on any atom is -0.417 e. The Balaban J connectivity index is 2.88. The molecular weight excluding hydrogens is 198 g/mol. The van der Waals surface area contributed by atoms with Crippen molar-refractivity contribution in [3.8, 4) is 0 Å². The molecule has 0 amide bonds. The molecule has 0 radical (unpaired) electrons. The lowest BCUT2D eigenvalue weighted by molar-refractivity contribution is -0.387. The summed E-state index contributed by atoms with van der Waals surface area (Å²) >= 11 is 0. The Morgan fingerprint density at radius 1 is 1.40 bits per heavy atom. The van der Waals surface area contributed by atoms with E-state index in [-0.39, 0.29) is 0 Å². The van der Waals surface area contributed by atoms with Gasteiger partial charge in [0.05, 0.1) is 4.92 Å². The van der Waals surface area contributed by atoms with Crippen molar-refractivity contribution >= 4 is 16.7 Å². The summed E-state index contributed by atoms with van der Waals surface area (Å²) in [6, 6.07) is 6.42. The van der Waals surface area contributed by atoms with Gasteiger partial charge in [0.2, 0.25) is 0 Å². The van der Waals surface area contributed by atoms with Crippen molar-refractivity contribution in [2.45, 2.75) is 6.92 Å². The molecule has 2 rings (SSSR count). The molecule has 0 aliphatic heterocycles. The Morgan fingerprint density at radius 2 is 2.13 bits per heavy atom. The van der Waals surface area contributed by atoms with Gasteiger partial charge in [-0.1, -0.05) is 18.2 Å². The minimum atomic E-state index is -0.915. The summed E-state index contributed by atoms with van der Waals surface area (Å²) in [4.78, 5) is 21.0. The van der Waals surface area contributed by atoms with Gasteiger partial charge in [-0.15, -0.1) is 0 Å². The molecule has 76 valence electrons. The lowest BCUT2D eigenvalue weighted by Gasteiger charge is -1.98. The maximum absolute atomic E-state index is 11.2. The normalized spacial score (nSPS) is 10.5. The monoisotopic (exact) mass is 205 g/mol. The second-order valence-electron chi connectivity index (χ2n) is 3.17. The molecule has 0 aliphatic carbocycles. The van der Waals surface area contributed by atoms with E-state index in [0.29, 0.717) is 11.0 Å². The predicted molar refractivity (Wildman–Crippen MR) is 53.9 cm³/mol. The molecule has 5 nitrogen and oxygen atoms in total. The quantitative estimate of drug-likeness (QED) is 0.405. The number of hydrogen-bond acceptors (Lipinski definition) is 4. The zero-order chi connectivity index (χ0) is 11.0. The Hall–Kier alpha value is -2.17. The van der Waals surface area contributed by atoms with Crippen LogP contribution in [0.5, 0.6) is 0 Å². The zero-order valence-electron chi connectivity index (χ0n) is 7.89. The highest BCUT2D eigenvalue weighted by molar-refractivity contribution is 5.81. The molecule has 5 heteroatoms. The number of benzene rings is 1. The van der Waals surface area contributed by atoms with E-state index >= 15 is 0 Å². The maximum atomic E-state index is 11.2. The predicted octanol–water partition coefficient (Wildman–Crippen LogP) is 2.01. The van der Waals surface area contributed by atoms with Crippen LogP contribution in [-0.2, 0) is 0 Å². The average molecular weight is 205 g/mol. The number of nitrogens with zero attached hydrogens (tertiary/aromatic N) is 1. The standard InChI is InChI=1S/C10H7NO4/c1-6-3-2-4-7-5-8(11(13)14)10(12)15-9(6)7/h2-5H,1H3. The van der Waals surface area contributed by atoms with Crippen LogP contribution in [0.4, 0.5) is 5.69 Å². The smallest absolute Gasteiger partial charge is 0.415 e. The summed E-state index contributed by atoms with van der Waals surface area (Å²) in [5.74, 6) is 0. The first-order valence-electron chi connectivity index (χ1n) is 4.27. The lowest BCUT2D eigenvalue weighted by Crippen LogP contribution is -2.06. The number of rotatable bonds is 1. The summed E-state index contributed by atoms with van der Waals surface area (Å²) in [5, 5.41) is 11.1. The van der Waals surface area contributed by atoms with Crippen LogP contribution in [0, 0.1) is 17.0 Å². The van der Waals surface area contributed by atoms with E-state index in [4.69, 9.17) is 4.42 Å². The van der Waals surface area contributed by atoms with Crippen molar-refractivity contribution in [1.82, 2.24) is 0 Å². The molecule has 1 aromatic heterocycles. The molecule has 0 bridgehead atoms. The Morgan fingerprint density at radius 3 is 2.80 bits per heavy atom. The van der Waals surface area contributed by atoms with Crippen LogP contribution in [0.2, 0.25) is 0 Å². The third-order valence-electron chi connectivity index (χ3n) is 2.14. The largest absolute Gasteiger partial charge is 0.417 e. The summed E-state index contributed by atoms with van der Waals surface area (Å²) in [6.45, 7) is 1.77. The fourth-order valence-electron chi connectivity index (χ4n) is 1.41. The number of para-hydroxylation sites is 1. The van der Waals surface area contributed by atoms with Crippen molar-refractivity contribution in [3.63, 3.8) is 0 Å². The van der Waals surface area contributed by atoms with E-state index in [9.17, 15) is 14.9 Å². The van der Waals surface area contributed by atoms with Crippen LogP contribution in [0.25, 0.3) is 11.0 Å². The fraction of sp³-hybridized carbons (Fsp3) is 0.100. The zero-order valence-corrected chi connectivity index (χ0v) is 7.89. The summed E-state index contributed by atoms with van der Waals surface area (Å²) in [7, 11) is 0. The van der Waals surface area contributed by atoms with Crippen molar-refractivity contribution in [2.75, 3.05) is 0 Å². The lowest BCUT2D eigenvalue weighted by atomic mass is 10.1. The van der Waals surface area contributed by atoms with E-state index in [1.54, 1.807) is 25.1 Å². The van der Waals surface area contributed by atoms with E-state index in [2.05, 4.69) is 0 Å². The van der Waals surface area contributed by atoms with Crippen LogP contribution >= 0.6 is 0 Å². The molecule has 2 aromatic rings. The van der Waals surface area contributed by atoms with Crippen LogP contribution in [0.1, 0.15) is 5.56 Å². The summed E-state index contributed by atoms with van der Waals surface area (Å²) in [6.07, 6.45) is 0. The minimum absolute atomic E-state index is 0.396. The van der Waals surface area contributed by atoms with Gasteiger partial charge in [-0.2, -0.15) is 0 Å². The van der Waals surface area contributed by atoms with Crippen LogP contribution in [-0.4, -0.2) is 4.92 Å². The Kier molecular flexibility index (Phi) is 2.00. The van der Waals surface area contributed by atoms with Gasteiger partial charge in [0.1, 0.15) is 5.58 Å². The highest BCUT2D eigenvalue weighted by atomic mass is 16.6. The van der Waals surface area contributed by atoms with Gasteiger partial charge < -0.3 is 4.42 Å². The highest BCUT2D eigenvalue weighted by Gasteiger charge is 2.15. The molecule has 0 saturated heterocycles. The van der Waals surface area contributed by atoms with Crippen molar-refractivity contribution in [1.29, 1.82) is 0 Å². The van der Waals surface area contributed by atoms with Crippen molar-refractivity contribution in [3.05, 3.63) is 50.4 Å². The summed E-state index contributed by atoms with van der Waals surface area (Å²) < 4.78 is 4.89. The molecule has 0 fully saturated rings. The van der Waals surface area contributed by atoms with Gasteiger partial charge in [-0.05, 0) is 12.5 Å². The fourth-order valence-corrected chi connectivity index (χ4v) is 1.41. The third kappa shape index (κ3) is 1.48. The van der Waals surface area contributed by atoms with E-state index in [1.165, 1.54) is 6.07 Å². The molecule has 0 atom stereocenters. The third-order valence-corrected chi connectivity index (χ3v) is 2.14. The van der Waals surface area contributed by atoms with Crippen molar-refractivity contribution < 1.29 is 9.34 Å². The molecule has 0 N–H and O–H groups in total. The van der Waals surface area contributed by atoms with Crippen LogP contribution in [0.15, 0.2) is 33.5 Å². The molecule has 0 spiro atoms. The molecular formula is C10H7NO4. The topological polar surface area (TPSA) is 73.3 Å². The van der Waals surface area contributed by atoms with E-state index < -0.39 is 16.2 Å². The van der Waals surface area contributed by atoms with Crippen LogP contribution in [0.3, 0.4) is 0 Å². The summed E-state index contributed by atoms with van der Waals surface area (Å²) in [5.41, 5.74) is -0.275. The first-order chi connectivity index (χ1) is 7.09.